The zero-order valence-corrected chi connectivity index (χ0v) is 10.4. The number of ether oxygens (including phenoxy) is 2. The van der Waals surface area contributed by atoms with E-state index in [1.807, 2.05) is 6.07 Å². The van der Waals surface area contributed by atoms with Crippen LogP contribution >= 0.6 is 0 Å². The van der Waals surface area contributed by atoms with E-state index in [0.29, 0.717) is 11.4 Å². The van der Waals surface area contributed by atoms with Gasteiger partial charge in [0.2, 0.25) is 0 Å². The third-order valence-electron chi connectivity index (χ3n) is 2.26. The Bertz CT molecular complexity index is 546. The lowest BCUT2D eigenvalue weighted by molar-refractivity contribution is -0.118. The summed E-state index contributed by atoms with van der Waals surface area (Å²) in [6.07, 6.45) is 3.08. The first kappa shape index (κ1) is 12.8. The van der Waals surface area contributed by atoms with Gasteiger partial charge in [-0.1, -0.05) is 12.1 Å². The minimum atomic E-state index is -0.308. The first-order valence-electron chi connectivity index (χ1n) is 5.62. The number of nitrogens with zero attached hydrogens (tertiary/aromatic N) is 2. The van der Waals surface area contributed by atoms with Crippen LogP contribution in [0.2, 0.25) is 0 Å². The van der Waals surface area contributed by atoms with Crippen molar-refractivity contribution in [3.8, 4) is 11.8 Å². The topological polar surface area (TPSA) is 73.3 Å². The van der Waals surface area contributed by atoms with E-state index in [9.17, 15) is 4.79 Å². The van der Waals surface area contributed by atoms with E-state index in [4.69, 9.17) is 9.47 Å². The number of hydrogen-bond donors (Lipinski definition) is 1. The molecule has 0 radical (unpaired) electrons. The molecule has 0 saturated carbocycles. The Balaban J connectivity index is 1.91. The molecule has 0 unspecified atom stereocenters. The summed E-state index contributed by atoms with van der Waals surface area (Å²) >= 11 is 0. The van der Waals surface area contributed by atoms with Gasteiger partial charge in [-0.3, -0.25) is 4.79 Å². The molecule has 6 heteroatoms. The van der Waals surface area contributed by atoms with Gasteiger partial charge in [0.1, 0.15) is 5.75 Å². The van der Waals surface area contributed by atoms with Crippen molar-refractivity contribution in [2.75, 3.05) is 19.0 Å². The van der Waals surface area contributed by atoms with Crippen molar-refractivity contribution in [3.63, 3.8) is 0 Å². The van der Waals surface area contributed by atoms with Crippen LogP contribution in [-0.2, 0) is 4.79 Å². The van der Waals surface area contributed by atoms with Crippen molar-refractivity contribution in [3.05, 3.63) is 42.7 Å². The SMILES string of the molecule is COc1ccccc1NC(=O)COc1ncccn1. The van der Waals surface area contributed by atoms with Crippen LogP contribution in [0.1, 0.15) is 0 Å². The van der Waals surface area contributed by atoms with Gasteiger partial charge in [0.25, 0.3) is 5.91 Å². The van der Waals surface area contributed by atoms with Crippen molar-refractivity contribution in [1.82, 2.24) is 9.97 Å². The van der Waals surface area contributed by atoms with E-state index in [-0.39, 0.29) is 18.5 Å². The van der Waals surface area contributed by atoms with Gasteiger partial charge in [-0.15, -0.1) is 0 Å². The standard InChI is InChI=1S/C13H13N3O3/c1-18-11-6-3-2-5-10(11)16-12(17)9-19-13-14-7-4-8-15-13/h2-8H,9H2,1H3,(H,16,17). The average molecular weight is 259 g/mol. The smallest absolute Gasteiger partial charge is 0.316 e. The van der Waals surface area contributed by atoms with Crippen molar-refractivity contribution in [2.24, 2.45) is 0 Å². The van der Waals surface area contributed by atoms with Crippen LogP contribution in [0.5, 0.6) is 11.8 Å². The number of amides is 1. The molecule has 1 N–H and O–H groups in total. The van der Waals surface area contributed by atoms with Gasteiger partial charge in [-0.25, -0.2) is 9.97 Å². The van der Waals surface area contributed by atoms with E-state index in [2.05, 4.69) is 15.3 Å². The lowest BCUT2D eigenvalue weighted by Gasteiger charge is -2.09. The highest BCUT2D eigenvalue weighted by atomic mass is 16.5. The normalized spacial score (nSPS) is 9.74. The van der Waals surface area contributed by atoms with Crippen LogP contribution in [0.25, 0.3) is 0 Å². The molecule has 2 rings (SSSR count). The third-order valence-corrected chi connectivity index (χ3v) is 2.26. The van der Waals surface area contributed by atoms with Gasteiger partial charge in [-0.05, 0) is 18.2 Å². The van der Waals surface area contributed by atoms with Gasteiger partial charge in [0.15, 0.2) is 6.61 Å². The van der Waals surface area contributed by atoms with Crippen molar-refractivity contribution in [2.45, 2.75) is 0 Å². The first-order chi connectivity index (χ1) is 9.29. The Morgan fingerprint density at radius 2 is 1.95 bits per heavy atom. The molecule has 0 aliphatic rings. The molecular weight excluding hydrogens is 246 g/mol. The zero-order valence-electron chi connectivity index (χ0n) is 10.4. The van der Waals surface area contributed by atoms with Gasteiger partial charge in [0, 0.05) is 12.4 Å². The summed E-state index contributed by atoms with van der Waals surface area (Å²) in [5, 5.41) is 2.69. The highest BCUT2D eigenvalue weighted by Gasteiger charge is 2.08. The fourth-order valence-corrected chi connectivity index (χ4v) is 1.42. The van der Waals surface area contributed by atoms with Crippen molar-refractivity contribution in [1.29, 1.82) is 0 Å². The molecule has 0 bridgehead atoms. The van der Waals surface area contributed by atoms with Crippen LogP contribution in [-0.4, -0.2) is 29.6 Å². The van der Waals surface area contributed by atoms with Gasteiger partial charge < -0.3 is 14.8 Å². The number of nitrogens with one attached hydrogen (secondary N) is 1. The summed E-state index contributed by atoms with van der Waals surface area (Å²) < 4.78 is 10.3. The molecule has 1 aromatic carbocycles. The molecular formula is C13H13N3O3. The number of carbonyl (C=O) groups excluding carboxylic acids is 1. The second-order valence-corrected chi connectivity index (χ2v) is 3.57. The quantitative estimate of drug-likeness (QED) is 0.880. The molecule has 0 saturated heterocycles. The van der Waals surface area contributed by atoms with Crippen molar-refractivity contribution >= 4 is 11.6 Å². The molecule has 0 aliphatic carbocycles. The average Bonchev–Trinajstić information content (AvgIpc) is 2.47. The molecule has 6 nitrogen and oxygen atoms in total. The first-order valence-corrected chi connectivity index (χ1v) is 5.62. The molecule has 0 spiro atoms. The fourth-order valence-electron chi connectivity index (χ4n) is 1.42. The van der Waals surface area contributed by atoms with Crippen LogP contribution in [0, 0.1) is 0 Å². The maximum absolute atomic E-state index is 11.7. The Morgan fingerprint density at radius 1 is 1.21 bits per heavy atom. The second kappa shape index (κ2) is 6.34. The molecule has 0 atom stereocenters. The van der Waals surface area contributed by atoms with E-state index >= 15 is 0 Å². The molecule has 19 heavy (non-hydrogen) atoms. The van der Waals surface area contributed by atoms with Crippen molar-refractivity contribution < 1.29 is 14.3 Å². The minimum Gasteiger partial charge on any atom is -0.495 e. The number of aromatic nitrogens is 2. The van der Waals surface area contributed by atoms with E-state index < -0.39 is 0 Å². The van der Waals surface area contributed by atoms with Gasteiger partial charge in [-0.2, -0.15) is 0 Å². The van der Waals surface area contributed by atoms with Crippen LogP contribution in [0.4, 0.5) is 5.69 Å². The molecule has 0 aliphatic heterocycles. The largest absolute Gasteiger partial charge is 0.495 e. The lowest BCUT2D eigenvalue weighted by atomic mass is 10.3. The van der Waals surface area contributed by atoms with E-state index in [0.717, 1.165) is 0 Å². The number of para-hydroxylation sites is 2. The number of carbonyl (C=O) groups is 1. The summed E-state index contributed by atoms with van der Waals surface area (Å²) in [5.74, 6) is 0.281. The van der Waals surface area contributed by atoms with E-state index in [1.54, 1.807) is 43.8 Å². The zero-order chi connectivity index (χ0) is 13.5. The summed E-state index contributed by atoms with van der Waals surface area (Å²) in [5.41, 5.74) is 0.590. The molecule has 1 aromatic heterocycles. The predicted octanol–water partition coefficient (Wildman–Crippen LogP) is 1.50. The number of benzene rings is 1. The predicted molar refractivity (Wildman–Crippen MR) is 69.2 cm³/mol. The fraction of sp³-hybridized carbons (Fsp3) is 0.154. The monoisotopic (exact) mass is 259 g/mol. The van der Waals surface area contributed by atoms with Gasteiger partial charge in [0.05, 0.1) is 12.8 Å². The molecule has 98 valence electrons. The Morgan fingerprint density at radius 3 is 2.68 bits per heavy atom. The molecule has 0 fully saturated rings. The van der Waals surface area contributed by atoms with Crippen LogP contribution < -0.4 is 14.8 Å². The lowest BCUT2D eigenvalue weighted by Crippen LogP contribution is -2.21. The van der Waals surface area contributed by atoms with Crippen LogP contribution in [0.15, 0.2) is 42.7 Å². The third kappa shape index (κ3) is 3.67. The van der Waals surface area contributed by atoms with E-state index in [1.165, 1.54) is 0 Å². The summed E-state index contributed by atoms with van der Waals surface area (Å²) in [6, 6.07) is 8.97. The molecule has 2 aromatic rings. The summed E-state index contributed by atoms with van der Waals surface area (Å²) in [6.45, 7) is -0.165. The Kier molecular flexibility index (Phi) is 4.28. The summed E-state index contributed by atoms with van der Waals surface area (Å²) in [7, 11) is 1.54. The Labute approximate surface area is 110 Å². The maximum Gasteiger partial charge on any atom is 0.316 e. The minimum absolute atomic E-state index is 0.165. The highest BCUT2D eigenvalue weighted by molar-refractivity contribution is 5.93. The highest BCUT2D eigenvalue weighted by Crippen LogP contribution is 2.22. The number of hydrogen-bond acceptors (Lipinski definition) is 5. The number of rotatable bonds is 5. The Hall–Kier alpha value is -2.63. The summed E-state index contributed by atoms with van der Waals surface area (Å²) in [4.78, 5) is 19.4. The van der Waals surface area contributed by atoms with Crippen LogP contribution in [0.3, 0.4) is 0 Å². The molecule has 1 heterocycles. The number of methoxy groups -OCH3 is 1. The van der Waals surface area contributed by atoms with Gasteiger partial charge >= 0.3 is 6.01 Å². The maximum atomic E-state index is 11.7. The molecule has 1 amide bonds. The second-order valence-electron chi connectivity index (χ2n) is 3.57. The number of anilines is 1.